The molecule has 1 fully saturated rings. The fraction of sp³-hybridized carbons (Fsp3) is 0.647. The van der Waals surface area contributed by atoms with Crippen LogP contribution in [0.5, 0.6) is 11.5 Å². The molecule has 1 aromatic carbocycles. The lowest BCUT2D eigenvalue weighted by Crippen LogP contribution is -2.44. The van der Waals surface area contributed by atoms with Gasteiger partial charge in [-0.1, -0.05) is 12.8 Å². The maximum Gasteiger partial charge on any atom is 0.341 e. The van der Waals surface area contributed by atoms with Gasteiger partial charge in [-0.3, -0.25) is 0 Å². The van der Waals surface area contributed by atoms with E-state index in [0.717, 1.165) is 23.5 Å². The van der Waals surface area contributed by atoms with Crippen molar-refractivity contribution in [2.24, 2.45) is 5.92 Å². The monoisotopic (exact) mass is 408 g/mol. The molecule has 24 heavy (non-hydrogen) atoms. The van der Waals surface area contributed by atoms with Gasteiger partial charge in [-0.15, -0.1) is 33.2 Å². The molecular weight excluding hydrogens is 387 g/mol. The van der Waals surface area contributed by atoms with Gasteiger partial charge in [-0.2, -0.15) is 0 Å². The number of ether oxygens (including phenoxy) is 3. The van der Waals surface area contributed by atoms with Crippen LogP contribution >= 0.6 is 33.2 Å². The average molecular weight is 410 g/mol. The summed E-state index contributed by atoms with van der Waals surface area (Å²) in [5.74, 6) is 1.68. The third kappa shape index (κ3) is 4.73. The Morgan fingerprint density at radius 3 is 2.71 bits per heavy atom. The van der Waals surface area contributed by atoms with Gasteiger partial charge in [-0.05, 0) is 43.5 Å². The first-order chi connectivity index (χ1) is 11.4. The zero-order chi connectivity index (χ0) is 17.2. The molecule has 1 aliphatic carbocycles. The summed E-state index contributed by atoms with van der Waals surface area (Å²) in [6, 6.07) is 3.95. The van der Waals surface area contributed by atoms with Crippen molar-refractivity contribution in [2.45, 2.75) is 57.5 Å². The van der Waals surface area contributed by atoms with E-state index in [2.05, 4.69) is 6.92 Å². The first-order valence-electron chi connectivity index (χ1n) is 8.51. The summed E-state index contributed by atoms with van der Waals surface area (Å²) in [5.41, 5.74) is 1.03. The number of benzene rings is 1. The Morgan fingerprint density at radius 2 is 2.00 bits per heavy atom. The summed E-state index contributed by atoms with van der Waals surface area (Å²) in [5, 5.41) is 0. The van der Waals surface area contributed by atoms with E-state index in [4.69, 9.17) is 47.4 Å². The normalized spacial score (nSPS) is 24.5. The highest BCUT2D eigenvalue weighted by atomic mass is 35.8. The van der Waals surface area contributed by atoms with Gasteiger partial charge < -0.3 is 14.2 Å². The Morgan fingerprint density at radius 1 is 1.25 bits per heavy atom. The zero-order valence-corrected chi connectivity index (χ0v) is 17.1. The zero-order valence-electron chi connectivity index (χ0n) is 13.8. The SMILES string of the molecule is CC1(C2CCCC2)OCc2cc(OCCC[Si](Cl)(Cl)Cl)ccc2O1. The third-order valence-electron chi connectivity index (χ3n) is 4.83. The highest BCUT2D eigenvalue weighted by Gasteiger charge is 2.42. The lowest BCUT2D eigenvalue weighted by Gasteiger charge is -2.40. The molecule has 1 heterocycles. The standard InChI is InChI=1S/C17H23Cl3O3Si/c1-17(14-5-2-3-6-14)22-12-13-11-15(7-8-16(13)23-17)21-9-4-10-24(18,19)20/h7-8,11,14H,2-6,9-10,12H2,1H3. The number of hydrogen-bond donors (Lipinski definition) is 0. The summed E-state index contributed by atoms with van der Waals surface area (Å²) in [4.78, 5) is 0. The smallest absolute Gasteiger partial charge is 0.341 e. The van der Waals surface area contributed by atoms with E-state index in [1.807, 2.05) is 18.2 Å². The minimum absolute atomic E-state index is 0.479. The van der Waals surface area contributed by atoms with Gasteiger partial charge in [0.25, 0.3) is 0 Å². The van der Waals surface area contributed by atoms with Crippen LogP contribution in [-0.2, 0) is 11.3 Å². The van der Waals surface area contributed by atoms with Crippen molar-refractivity contribution >= 4 is 39.2 Å². The van der Waals surface area contributed by atoms with E-state index in [1.54, 1.807) is 0 Å². The highest BCUT2D eigenvalue weighted by molar-refractivity contribution is 7.64. The molecule has 3 rings (SSSR count). The summed E-state index contributed by atoms with van der Waals surface area (Å²) in [7, 11) is 0. The van der Waals surface area contributed by atoms with Gasteiger partial charge in [0.15, 0.2) is 0 Å². The van der Waals surface area contributed by atoms with Crippen molar-refractivity contribution in [3.05, 3.63) is 23.8 Å². The molecule has 0 amide bonds. The Bertz CT molecular complexity index is 573. The van der Waals surface area contributed by atoms with Crippen LogP contribution in [0.3, 0.4) is 0 Å². The quantitative estimate of drug-likeness (QED) is 0.331. The average Bonchev–Trinajstić information content (AvgIpc) is 3.06. The number of hydrogen-bond acceptors (Lipinski definition) is 3. The van der Waals surface area contributed by atoms with E-state index >= 15 is 0 Å². The molecule has 1 saturated carbocycles. The van der Waals surface area contributed by atoms with Crippen molar-refractivity contribution in [3.63, 3.8) is 0 Å². The molecule has 1 unspecified atom stereocenters. The van der Waals surface area contributed by atoms with Crippen LogP contribution in [0.1, 0.15) is 44.6 Å². The van der Waals surface area contributed by atoms with E-state index in [0.29, 0.717) is 25.2 Å². The molecule has 134 valence electrons. The van der Waals surface area contributed by atoms with Gasteiger partial charge in [-0.25, -0.2) is 0 Å². The Labute approximate surface area is 158 Å². The molecule has 0 bridgehead atoms. The second-order valence-electron chi connectivity index (χ2n) is 6.72. The molecule has 7 heteroatoms. The van der Waals surface area contributed by atoms with Gasteiger partial charge in [0, 0.05) is 18.4 Å². The van der Waals surface area contributed by atoms with Crippen LogP contribution in [0.15, 0.2) is 18.2 Å². The Kier molecular flexibility index (Phi) is 5.93. The molecule has 0 saturated heterocycles. The number of rotatable bonds is 6. The van der Waals surface area contributed by atoms with Gasteiger partial charge in [0.05, 0.1) is 13.2 Å². The van der Waals surface area contributed by atoms with E-state index < -0.39 is 11.8 Å². The van der Waals surface area contributed by atoms with Crippen molar-refractivity contribution in [2.75, 3.05) is 6.61 Å². The first-order valence-corrected chi connectivity index (χ1v) is 13.8. The van der Waals surface area contributed by atoms with Crippen molar-refractivity contribution < 1.29 is 14.2 Å². The van der Waals surface area contributed by atoms with Crippen LogP contribution in [-0.4, -0.2) is 18.4 Å². The maximum atomic E-state index is 6.20. The Balaban J connectivity index is 1.57. The number of halogens is 3. The van der Waals surface area contributed by atoms with Crippen LogP contribution in [0.25, 0.3) is 0 Å². The predicted octanol–water partition coefficient (Wildman–Crippen LogP) is 5.93. The van der Waals surface area contributed by atoms with Crippen LogP contribution in [0.4, 0.5) is 0 Å². The van der Waals surface area contributed by atoms with Crippen LogP contribution in [0, 0.1) is 5.92 Å². The molecule has 0 aromatic heterocycles. The molecule has 0 radical (unpaired) electrons. The molecule has 3 nitrogen and oxygen atoms in total. The van der Waals surface area contributed by atoms with E-state index in [1.165, 1.54) is 25.7 Å². The van der Waals surface area contributed by atoms with Crippen molar-refractivity contribution in [1.29, 1.82) is 0 Å². The summed E-state index contributed by atoms with van der Waals surface area (Å²) < 4.78 is 18.0. The fourth-order valence-electron chi connectivity index (χ4n) is 3.44. The molecule has 1 aromatic rings. The number of fused-ring (bicyclic) bond motifs is 1. The van der Waals surface area contributed by atoms with Crippen LogP contribution in [0.2, 0.25) is 6.04 Å². The molecule has 2 aliphatic rings. The van der Waals surface area contributed by atoms with Gasteiger partial charge >= 0.3 is 6.00 Å². The van der Waals surface area contributed by atoms with Crippen LogP contribution < -0.4 is 9.47 Å². The molecule has 0 N–H and O–H groups in total. The Hall–Kier alpha value is -0.133. The van der Waals surface area contributed by atoms with E-state index in [-0.39, 0.29) is 0 Å². The lowest BCUT2D eigenvalue weighted by atomic mass is 9.97. The van der Waals surface area contributed by atoms with Gasteiger partial charge in [0.1, 0.15) is 11.5 Å². The van der Waals surface area contributed by atoms with Gasteiger partial charge in [0.2, 0.25) is 5.79 Å². The summed E-state index contributed by atoms with van der Waals surface area (Å²) >= 11 is 17.6. The molecular formula is C17H23Cl3O3Si. The van der Waals surface area contributed by atoms with Crippen molar-refractivity contribution in [3.8, 4) is 11.5 Å². The van der Waals surface area contributed by atoms with E-state index in [9.17, 15) is 0 Å². The molecule has 1 atom stereocenters. The summed E-state index contributed by atoms with van der Waals surface area (Å²) in [6.45, 7) is 3.17. The second-order valence-corrected chi connectivity index (χ2v) is 16.0. The minimum atomic E-state index is -2.55. The predicted molar refractivity (Wildman–Crippen MR) is 100 cm³/mol. The maximum absolute atomic E-state index is 6.20. The highest BCUT2D eigenvalue weighted by Crippen LogP contribution is 2.42. The molecule has 1 aliphatic heterocycles. The topological polar surface area (TPSA) is 27.7 Å². The fourth-order valence-corrected chi connectivity index (χ4v) is 5.19. The lowest BCUT2D eigenvalue weighted by molar-refractivity contribution is -0.224. The second kappa shape index (κ2) is 7.63. The summed E-state index contributed by atoms with van der Waals surface area (Å²) in [6.07, 6.45) is 5.64. The minimum Gasteiger partial charge on any atom is -0.494 e. The van der Waals surface area contributed by atoms with Crippen molar-refractivity contribution in [1.82, 2.24) is 0 Å². The first kappa shape index (κ1) is 18.7. The molecule has 0 spiro atoms. The largest absolute Gasteiger partial charge is 0.494 e. The third-order valence-corrected chi connectivity index (χ3v) is 7.45.